The second-order valence-electron chi connectivity index (χ2n) is 4.62. The molecule has 3 rings (SSSR count). The van der Waals surface area contributed by atoms with Gasteiger partial charge >= 0.3 is 0 Å². The number of carbonyl (C=O) groups is 1. The van der Waals surface area contributed by atoms with Gasteiger partial charge in [-0.15, -0.1) is 10.2 Å². The Labute approximate surface area is 161 Å². The van der Waals surface area contributed by atoms with E-state index < -0.39 is 0 Å². The van der Waals surface area contributed by atoms with Crippen molar-refractivity contribution in [1.29, 1.82) is 0 Å². The highest BCUT2D eigenvalue weighted by Crippen LogP contribution is 2.33. The van der Waals surface area contributed by atoms with E-state index in [9.17, 15) is 4.79 Å². The molecule has 0 aliphatic rings. The molecule has 9 heteroatoms. The fraction of sp³-hybridized carbons (Fsp3) is 0. The Hall–Kier alpha value is -1.37. The van der Waals surface area contributed by atoms with Crippen LogP contribution < -0.4 is 5.32 Å². The molecule has 24 heavy (non-hydrogen) atoms. The lowest BCUT2D eigenvalue weighted by molar-refractivity contribution is 0.102. The normalized spacial score (nSPS) is 10.7. The van der Waals surface area contributed by atoms with Crippen LogP contribution >= 0.6 is 57.7 Å². The standard InChI is InChI=1S/C15H7Cl4N3OS/c16-8-2-3-9(11(18)6-8)14-21-22-15(24-14)20-13(23)7-1-4-10(17)12(19)5-7/h1-6H,(H,20,22,23). The molecule has 1 heterocycles. The molecular weight excluding hydrogens is 412 g/mol. The van der Waals surface area contributed by atoms with E-state index in [1.165, 1.54) is 17.4 Å². The average Bonchev–Trinajstić information content (AvgIpc) is 2.98. The number of carbonyl (C=O) groups excluding carboxylic acids is 1. The van der Waals surface area contributed by atoms with Crippen molar-refractivity contribution in [2.24, 2.45) is 0 Å². The summed E-state index contributed by atoms with van der Waals surface area (Å²) in [5.41, 5.74) is 1.05. The van der Waals surface area contributed by atoms with Crippen molar-refractivity contribution in [2.45, 2.75) is 0 Å². The van der Waals surface area contributed by atoms with Crippen molar-refractivity contribution in [2.75, 3.05) is 5.32 Å². The minimum atomic E-state index is -0.363. The van der Waals surface area contributed by atoms with Crippen LogP contribution in [0.1, 0.15) is 10.4 Å². The van der Waals surface area contributed by atoms with E-state index >= 15 is 0 Å². The summed E-state index contributed by atoms with van der Waals surface area (Å²) in [6.07, 6.45) is 0. The van der Waals surface area contributed by atoms with Gasteiger partial charge in [0.25, 0.3) is 5.91 Å². The first-order chi connectivity index (χ1) is 11.4. The van der Waals surface area contributed by atoms with Crippen molar-refractivity contribution in [3.8, 4) is 10.6 Å². The first kappa shape index (κ1) is 17.5. The number of anilines is 1. The molecule has 0 fully saturated rings. The van der Waals surface area contributed by atoms with Gasteiger partial charge in [-0.3, -0.25) is 10.1 Å². The molecule has 0 saturated carbocycles. The number of hydrogen-bond donors (Lipinski definition) is 1. The molecule has 3 aromatic rings. The fourth-order valence-corrected chi connectivity index (χ4v) is 3.48. The van der Waals surface area contributed by atoms with E-state index in [4.69, 9.17) is 46.4 Å². The third-order valence-electron chi connectivity index (χ3n) is 2.99. The second kappa shape index (κ2) is 7.25. The van der Waals surface area contributed by atoms with Gasteiger partial charge in [0.2, 0.25) is 5.13 Å². The van der Waals surface area contributed by atoms with Crippen LogP contribution in [0.2, 0.25) is 20.1 Å². The topological polar surface area (TPSA) is 54.9 Å². The van der Waals surface area contributed by atoms with Gasteiger partial charge in [0.05, 0.1) is 15.1 Å². The molecule has 0 bridgehead atoms. The van der Waals surface area contributed by atoms with Gasteiger partial charge in [0.1, 0.15) is 0 Å². The van der Waals surface area contributed by atoms with Crippen molar-refractivity contribution < 1.29 is 4.79 Å². The lowest BCUT2D eigenvalue weighted by atomic mass is 10.2. The number of aromatic nitrogens is 2. The molecule has 0 aliphatic carbocycles. The van der Waals surface area contributed by atoms with Crippen LogP contribution in [-0.2, 0) is 0 Å². The summed E-state index contributed by atoms with van der Waals surface area (Å²) < 4.78 is 0. The maximum absolute atomic E-state index is 12.2. The Balaban J connectivity index is 1.80. The molecule has 1 aromatic heterocycles. The van der Waals surface area contributed by atoms with Crippen molar-refractivity contribution in [3.63, 3.8) is 0 Å². The number of nitrogens with one attached hydrogen (secondary N) is 1. The van der Waals surface area contributed by atoms with Crippen molar-refractivity contribution in [1.82, 2.24) is 10.2 Å². The van der Waals surface area contributed by atoms with Crippen LogP contribution in [0.5, 0.6) is 0 Å². The van der Waals surface area contributed by atoms with E-state index in [2.05, 4.69) is 15.5 Å². The molecule has 0 saturated heterocycles. The lowest BCUT2D eigenvalue weighted by Gasteiger charge is -2.02. The minimum Gasteiger partial charge on any atom is -0.296 e. The maximum Gasteiger partial charge on any atom is 0.257 e. The zero-order valence-electron chi connectivity index (χ0n) is 11.7. The Morgan fingerprint density at radius 3 is 2.42 bits per heavy atom. The first-order valence-electron chi connectivity index (χ1n) is 6.49. The second-order valence-corrected chi connectivity index (χ2v) is 7.26. The largest absolute Gasteiger partial charge is 0.296 e. The van der Waals surface area contributed by atoms with E-state index in [-0.39, 0.29) is 5.91 Å². The van der Waals surface area contributed by atoms with Crippen LogP contribution in [0.25, 0.3) is 10.6 Å². The zero-order chi connectivity index (χ0) is 17.3. The first-order valence-corrected chi connectivity index (χ1v) is 8.82. The van der Waals surface area contributed by atoms with Crippen LogP contribution in [0.15, 0.2) is 36.4 Å². The van der Waals surface area contributed by atoms with Gasteiger partial charge in [-0.1, -0.05) is 57.7 Å². The van der Waals surface area contributed by atoms with Gasteiger partial charge in [-0.05, 0) is 36.4 Å². The van der Waals surface area contributed by atoms with Gasteiger partial charge in [0.15, 0.2) is 5.01 Å². The summed E-state index contributed by atoms with van der Waals surface area (Å²) in [6.45, 7) is 0. The number of rotatable bonds is 3. The van der Waals surface area contributed by atoms with Gasteiger partial charge in [-0.25, -0.2) is 0 Å². The smallest absolute Gasteiger partial charge is 0.257 e. The third-order valence-corrected chi connectivity index (χ3v) is 5.15. The molecular formula is C15H7Cl4N3OS. The van der Waals surface area contributed by atoms with Gasteiger partial charge in [-0.2, -0.15) is 0 Å². The lowest BCUT2D eigenvalue weighted by Crippen LogP contribution is -2.11. The third kappa shape index (κ3) is 3.82. The maximum atomic E-state index is 12.2. The summed E-state index contributed by atoms with van der Waals surface area (Å²) in [5, 5.41) is 13.2. The van der Waals surface area contributed by atoms with Crippen molar-refractivity contribution >= 4 is 68.8 Å². The Morgan fingerprint density at radius 2 is 1.71 bits per heavy atom. The Bertz CT molecular complexity index is 929. The predicted octanol–water partition coefficient (Wildman–Crippen LogP) is 6.07. The molecule has 1 amide bonds. The number of benzene rings is 2. The number of nitrogens with zero attached hydrogens (tertiary/aromatic N) is 2. The van der Waals surface area contributed by atoms with Gasteiger partial charge in [0, 0.05) is 16.1 Å². The van der Waals surface area contributed by atoms with E-state index in [0.717, 1.165) is 0 Å². The molecule has 122 valence electrons. The SMILES string of the molecule is O=C(Nc1nnc(-c2ccc(Cl)cc2Cl)s1)c1ccc(Cl)c(Cl)c1. The van der Waals surface area contributed by atoms with Gasteiger partial charge < -0.3 is 0 Å². The predicted molar refractivity (Wildman–Crippen MR) is 99.8 cm³/mol. The Kier molecular flexibility index (Phi) is 5.27. The molecule has 0 atom stereocenters. The minimum absolute atomic E-state index is 0.301. The average molecular weight is 419 g/mol. The number of hydrogen-bond acceptors (Lipinski definition) is 4. The van der Waals surface area contributed by atoms with Crippen molar-refractivity contribution in [3.05, 3.63) is 62.1 Å². The molecule has 1 N–H and O–H groups in total. The molecule has 0 radical (unpaired) electrons. The molecule has 4 nitrogen and oxygen atoms in total. The summed E-state index contributed by atoms with van der Waals surface area (Å²) in [6, 6.07) is 9.68. The zero-order valence-corrected chi connectivity index (χ0v) is 15.5. The molecule has 0 spiro atoms. The summed E-state index contributed by atoms with van der Waals surface area (Å²) in [7, 11) is 0. The molecule has 0 aliphatic heterocycles. The summed E-state index contributed by atoms with van der Waals surface area (Å²) in [5.74, 6) is -0.363. The molecule has 2 aromatic carbocycles. The number of amides is 1. The monoisotopic (exact) mass is 417 g/mol. The molecule has 0 unspecified atom stereocenters. The van der Waals surface area contributed by atoms with E-state index in [1.807, 2.05) is 0 Å². The van der Waals surface area contributed by atoms with Crippen LogP contribution in [0, 0.1) is 0 Å². The number of halogens is 4. The van der Waals surface area contributed by atoms with E-state index in [0.29, 0.717) is 41.4 Å². The summed E-state index contributed by atoms with van der Waals surface area (Å²) >= 11 is 25.0. The van der Waals surface area contributed by atoms with Crippen LogP contribution in [-0.4, -0.2) is 16.1 Å². The highest BCUT2D eigenvalue weighted by atomic mass is 35.5. The highest BCUT2D eigenvalue weighted by Gasteiger charge is 2.14. The van der Waals surface area contributed by atoms with Crippen LogP contribution in [0.3, 0.4) is 0 Å². The van der Waals surface area contributed by atoms with Crippen LogP contribution in [0.4, 0.5) is 5.13 Å². The highest BCUT2D eigenvalue weighted by molar-refractivity contribution is 7.18. The van der Waals surface area contributed by atoms with E-state index in [1.54, 1.807) is 30.3 Å². The summed E-state index contributed by atoms with van der Waals surface area (Å²) in [4.78, 5) is 12.2. The quantitative estimate of drug-likeness (QED) is 0.561. The Morgan fingerprint density at radius 1 is 0.917 bits per heavy atom. The fourth-order valence-electron chi connectivity index (χ4n) is 1.85.